The molecule has 0 spiro atoms. The number of carbonyl (C=O) groups is 2. The third-order valence-corrected chi connectivity index (χ3v) is 2.01. The number of benzene rings is 1. The van der Waals surface area contributed by atoms with Crippen LogP contribution in [0.4, 0.5) is 0 Å². The molecule has 1 aromatic carbocycles. The number of dihydropyridines is 1. The Balaban J connectivity index is 0. The van der Waals surface area contributed by atoms with Gasteiger partial charge >= 0.3 is 0 Å². The quantitative estimate of drug-likeness (QED) is 0.823. The van der Waals surface area contributed by atoms with Gasteiger partial charge in [-0.2, -0.15) is 0 Å². The van der Waals surface area contributed by atoms with E-state index >= 15 is 0 Å². The van der Waals surface area contributed by atoms with Crippen LogP contribution in [0.5, 0.6) is 0 Å². The van der Waals surface area contributed by atoms with E-state index in [2.05, 4.69) is 16.4 Å². The van der Waals surface area contributed by atoms with Crippen molar-refractivity contribution in [3.63, 3.8) is 0 Å². The van der Waals surface area contributed by atoms with Crippen LogP contribution in [0.1, 0.15) is 38.1 Å². The molecule has 0 saturated heterocycles. The van der Waals surface area contributed by atoms with Crippen LogP contribution in [0.15, 0.2) is 41.0 Å². The Morgan fingerprint density at radius 2 is 1.90 bits per heavy atom. The van der Waals surface area contributed by atoms with E-state index < -0.39 is 0 Å². The second kappa shape index (κ2) is 13.8. The number of amides is 1. The number of rotatable bonds is 2. The zero-order valence-electron chi connectivity index (χ0n) is 13.0. The van der Waals surface area contributed by atoms with Crippen LogP contribution in [0.25, 0.3) is 0 Å². The smallest absolute Gasteiger partial charge is 0.179 e. The number of hydrogen-bond donors (Lipinski definition) is 1. The van der Waals surface area contributed by atoms with Crippen LogP contribution in [-0.2, 0) is 37.5 Å². The van der Waals surface area contributed by atoms with Crippen LogP contribution in [0, 0.1) is 6.07 Å². The maximum absolute atomic E-state index is 11.7. The SMILES string of the molecule is CC.CC.O=C1C=C(NC(=O)c2[c-]cccc2)C=NC1.[Y]. The summed E-state index contributed by atoms with van der Waals surface area (Å²) in [4.78, 5) is 26.5. The fourth-order valence-electron chi connectivity index (χ4n) is 1.29. The molecule has 1 radical (unpaired) electrons. The largest absolute Gasteiger partial charge is 0.361 e. The number of aliphatic imine (C=N–C) groups is 1. The van der Waals surface area contributed by atoms with Crippen molar-refractivity contribution in [2.75, 3.05) is 6.54 Å². The summed E-state index contributed by atoms with van der Waals surface area (Å²) in [5.74, 6) is -0.414. The van der Waals surface area contributed by atoms with E-state index in [4.69, 9.17) is 0 Å². The molecule has 1 aliphatic rings. The van der Waals surface area contributed by atoms with Crippen molar-refractivity contribution in [1.82, 2.24) is 5.32 Å². The van der Waals surface area contributed by atoms with Gasteiger partial charge in [-0.15, -0.1) is 30.3 Å². The first-order valence-electron chi connectivity index (χ1n) is 6.78. The monoisotopic (exact) mass is 362 g/mol. The first kappa shape index (κ1) is 22.2. The average molecular weight is 362 g/mol. The van der Waals surface area contributed by atoms with Crippen molar-refractivity contribution < 1.29 is 42.3 Å². The van der Waals surface area contributed by atoms with Crippen LogP contribution < -0.4 is 5.32 Å². The molecule has 1 heterocycles. The zero-order chi connectivity index (χ0) is 15.4. The van der Waals surface area contributed by atoms with Gasteiger partial charge in [0.2, 0.25) is 0 Å². The number of ketones is 1. The Morgan fingerprint density at radius 3 is 2.43 bits per heavy atom. The molecule has 0 bridgehead atoms. The number of hydrogen-bond acceptors (Lipinski definition) is 3. The molecule has 4 nitrogen and oxygen atoms in total. The number of allylic oxidation sites excluding steroid dienone is 1. The van der Waals surface area contributed by atoms with Crippen molar-refractivity contribution in [2.45, 2.75) is 27.7 Å². The van der Waals surface area contributed by atoms with E-state index in [1.807, 2.05) is 27.7 Å². The maximum atomic E-state index is 11.7. The Labute approximate surface area is 152 Å². The fourth-order valence-corrected chi connectivity index (χ4v) is 1.29. The van der Waals surface area contributed by atoms with E-state index in [9.17, 15) is 9.59 Å². The predicted octanol–water partition coefficient (Wildman–Crippen LogP) is 2.80. The molecule has 1 aliphatic heterocycles. The third kappa shape index (κ3) is 8.69. The van der Waals surface area contributed by atoms with Crippen molar-refractivity contribution in [3.8, 4) is 0 Å². The molecular weight excluding hydrogens is 341 g/mol. The second-order valence-electron chi connectivity index (χ2n) is 3.27. The summed E-state index contributed by atoms with van der Waals surface area (Å²) in [6.07, 6.45) is 2.84. The summed E-state index contributed by atoms with van der Waals surface area (Å²) in [5, 5.41) is 2.59. The van der Waals surface area contributed by atoms with E-state index in [1.54, 1.807) is 24.3 Å². The summed E-state index contributed by atoms with van der Waals surface area (Å²) < 4.78 is 0. The normalized spacial score (nSPS) is 11.6. The van der Waals surface area contributed by atoms with Gasteiger partial charge in [0.1, 0.15) is 6.54 Å². The third-order valence-electron chi connectivity index (χ3n) is 2.01. The van der Waals surface area contributed by atoms with Crippen molar-refractivity contribution >= 4 is 17.9 Å². The molecule has 1 amide bonds. The Morgan fingerprint density at radius 1 is 1.24 bits per heavy atom. The molecule has 1 aromatic rings. The van der Waals surface area contributed by atoms with Crippen LogP contribution >= 0.6 is 0 Å². The summed E-state index contributed by atoms with van der Waals surface area (Å²) >= 11 is 0. The first-order valence-corrected chi connectivity index (χ1v) is 6.78. The number of nitrogens with zero attached hydrogens (tertiary/aromatic N) is 1. The zero-order valence-corrected chi connectivity index (χ0v) is 15.9. The van der Waals surface area contributed by atoms with E-state index in [1.165, 1.54) is 12.3 Å². The van der Waals surface area contributed by atoms with Gasteiger partial charge in [-0.3, -0.25) is 9.79 Å². The molecule has 5 heteroatoms. The molecule has 0 unspecified atom stereocenters. The maximum Gasteiger partial charge on any atom is 0.179 e. The predicted molar refractivity (Wildman–Crippen MR) is 81.9 cm³/mol. The Hall–Kier alpha value is -1.13. The second-order valence-corrected chi connectivity index (χ2v) is 3.27. The van der Waals surface area contributed by atoms with Gasteiger partial charge in [-0.05, 0) is 0 Å². The Bertz CT molecular complexity index is 482. The van der Waals surface area contributed by atoms with Gasteiger partial charge < -0.3 is 10.1 Å². The van der Waals surface area contributed by atoms with Gasteiger partial charge in [0.05, 0.1) is 5.70 Å². The van der Waals surface area contributed by atoms with Gasteiger partial charge in [0, 0.05) is 45.0 Å². The van der Waals surface area contributed by atoms with Crippen molar-refractivity contribution in [3.05, 3.63) is 47.7 Å². The molecule has 21 heavy (non-hydrogen) atoms. The standard InChI is InChI=1S/C12H9N2O2.2C2H6.Y/c15-11-6-10(7-13-8-11)14-12(16)9-4-2-1-3-5-9;2*1-2;/h1-4,6-7H,8H2,(H,14,16);2*1-2H3;/q-1;;;. The van der Waals surface area contributed by atoms with Gasteiger partial charge in [-0.1, -0.05) is 33.3 Å². The molecule has 1 N–H and O–H groups in total. The number of nitrogens with one attached hydrogen (secondary N) is 1. The molecule has 0 fully saturated rings. The van der Waals surface area contributed by atoms with Gasteiger partial charge in [0.15, 0.2) is 11.7 Å². The van der Waals surface area contributed by atoms with E-state index in [0.29, 0.717) is 11.3 Å². The number of carbonyl (C=O) groups excluding carboxylic acids is 2. The average Bonchev–Trinajstić information content (AvgIpc) is 2.52. The fraction of sp³-hybridized carbons (Fsp3) is 0.312. The molecule has 2 rings (SSSR count). The van der Waals surface area contributed by atoms with Crippen molar-refractivity contribution in [1.29, 1.82) is 0 Å². The van der Waals surface area contributed by atoms with E-state index in [0.717, 1.165) is 0 Å². The Kier molecular flexibility index (Phi) is 14.6. The molecular formula is C16H21N2O2Y-. The molecule has 0 aliphatic carbocycles. The van der Waals surface area contributed by atoms with Crippen LogP contribution in [0.3, 0.4) is 0 Å². The minimum Gasteiger partial charge on any atom is -0.361 e. The van der Waals surface area contributed by atoms with Gasteiger partial charge in [0.25, 0.3) is 0 Å². The minimum atomic E-state index is -0.298. The topological polar surface area (TPSA) is 58.5 Å². The molecule has 111 valence electrons. The van der Waals surface area contributed by atoms with Crippen LogP contribution in [0.2, 0.25) is 0 Å². The summed E-state index contributed by atoms with van der Waals surface area (Å²) in [6.45, 7) is 8.15. The van der Waals surface area contributed by atoms with Crippen LogP contribution in [-0.4, -0.2) is 24.4 Å². The molecule has 0 atom stereocenters. The summed E-state index contributed by atoms with van der Waals surface area (Å²) in [6, 6.07) is 9.64. The molecule has 0 aromatic heterocycles. The summed E-state index contributed by atoms with van der Waals surface area (Å²) in [7, 11) is 0. The first-order chi connectivity index (χ1) is 9.75. The van der Waals surface area contributed by atoms with Gasteiger partial charge in [-0.25, -0.2) is 0 Å². The minimum absolute atomic E-state index is 0. The summed E-state index contributed by atoms with van der Waals surface area (Å²) in [5.41, 5.74) is 0.841. The van der Waals surface area contributed by atoms with E-state index in [-0.39, 0.29) is 50.9 Å². The molecule has 0 saturated carbocycles. The van der Waals surface area contributed by atoms with Crippen molar-refractivity contribution in [2.24, 2.45) is 4.99 Å².